The molecule has 20 heavy (non-hydrogen) atoms. The van der Waals surface area contributed by atoms with E-state index in [2.05, 4.69) is 53.1 Å². The predicted molar refractivity (Wildman–Crippen MR) is 87.2 cm³/mol. The van der Waals surface area contributed by atoms with Crippen LogP contribution in [0.25, 0.3) is 10.8 Å². The van der Waals surface area contributed by atoms with Crippen molar-refractivity contribution < 1.29 is 4.79 Å². The van der Waals surface area contributed by atoms with E-state index >= 15 is 0 Å². The first-order valence-electron chi connectivity index (χ1n) is 6.91. The summed E-state index contributed by atoms with van der Waals surface area (Å²) in [7, 11) is 3.73. The van der Waals surface area contributed by atoms with Crippen molar-refractivity contribution in [2.24, 2.45) is 5.92 Å². The molecule has 0 fully saturated rings. The minimum absolute atomic E-state index is 0.0231. The Morgan fingerprint density at radius 2 is 1.65 bits per heavy atom. The molecule has 2 rings (SSSR count). The highest BCUT2D eigenvalue weighted by Crippen LogP contribution is 2.17. The van der Waals surface area contributed by atoms with E-state index in [-0.39, 0.29) is 6.04 Å². The third kappa shape index (κ3) is 4.67. The van der Waals surface area contributed by atoms with Gasteiger partial charge in [-0.15, -0.1) is 0 Å². The summed E-state index contributed by atoms with van der Waals surface area (Å²) >= 11 is 0. The first kappa shape index (κ1) is 16.2. The van der Waals surface area contributed by atoms with Crippen molar-refractivity contribution in [3.05, 3.63) is 42.5 Å². The van der Waals surface area contributed by atoms with Crippen LogP contribution in [0.2, 0.25) is 0 Å². The molecule has 0 bridgehead atoms. The van der Waals surface area contributed by atoms with Gasteiger partial charge in [0.1, 0.15) is 6.29 Å². The van der Waals surface area contributed by atoms with Crippen LogP contribution < -0.4 is 10.6 Å². The molecule has 0 heterocycles. The van der Waals surface area contributed by atoms with E-state index in [9.17, 15) is 4.79 Å². The van der Waals surface area contributed by atoms with Crippen LogP contribution in [0.1, 0.15) is 13.8 Å². The van der Waals surface area contributed by atoms with Crippen molar-refractivity contribution in [1.29, 1.82) is 0 Å². The molecule has 0 aromatic heterocycles. The second-order valence-corrected chi connectivity index (χ2v) is 5.01. The van der Waals surface area contributed by atoms with Gasteiger partial charge in [0, 0.05) is 12.7 Å². The van der Waals surface area contributed by atoms with Crippen molar-refractivity contribution in [3.8, 4) is 0 Å². The van der Waals surface area contributed by atoms with E-state index in [0.29, 0.717) is 5.92 Å². The number of carbonyl (C=O) groups excluding carboxylic acids is 1. The van der Waals surface area contributed by atoms with E-state index in [1.807, 2.05) is 20.9 Å². The Morgan fingerprint density at radius 3 is 2.10 bits per heavy atom. The van der Waals surface area contributed by atoms with Crippen LogP contribution in [0, 0.1) is 5.92 Å². The zero-order valence-electron chi connectivity index (χ0n) is 12.7. The van der Waals surface area contributed by atoms with Crippen LogP contribution in [-0.4, -0.2) is 26.4 Å². The quantitative estimate of drug-likeness (QED) is 0.839. The highest BCUT2D eigenvalue weighted by Gasteiger charge is 2.06. The van der Waals surface area contributed by atoms with Crippen LogP contribution in [0.4, 0.5) is 5.69 Å². The molecule has 0 amide bonds. The number of carbonyl (C=O) groups is 1. The number of rotatable bonds is 4. The number of fused-ring (bicyclic) bond motifs is 1. The van der Waals surface area contributed by atoms with Gasteiger partial charge < -0.3 is 15.4 Å². The fourth-order valence-electron chi connectivity index (χ4n) is 1.90. The van der Waals surface area contributed by atoms with Crippen LogP contribution >= 0.6 is 0 Å². The van der Waals surface area contributed by atoms with Crippen molar-refractivity contribution in [2.75, 3.05) is 19.4 Å². The lowest BCUT2D eigenvalue weighted by molar-refractivity contribution is -0.110. The maximum atomic E-state index is 10.1. The minimum Gasteiger partial charge on any atom is -0.388 e. The van der Waals surface area contributed by atoms with Gasteiger partial charge in [-0.3, -0.25) is 0 Å². The van der Waals surface area contributed by atoms with Crippen LogP contribution in [-0.2, 0) is 4.79 Å². The molecule has 0 saturated carbocycles. The summed E-state index contributed by atoms with van der Waals surface area (Å²) in [6, 6.07) is 14.7. The summed E-state index contributed by atoms with van der Waals surface area (Å²) in [4.78, 5) is 10.1. The third-order valence-corrected chi connectivity index (χ3v) is 3.24. The van der Waals surface area contributed by atoms with Crippen molar-refractivity contribution in [3.63, 3.8) is 0 Å². The number of hydrogen-bond acceptors (Lipinski definition) is 3. The number of anilines is 1. The van der Waals surface area contributed by atoms with Gasteiger partial charge in [0.2, 0.25) is 0 Å². The Kier molecular flexibility index (Phi) is 6.74. The lowest BCUT2D eigenvalue weighted by Crippen LogP contribution is -2.31. The normalized spacial score (nSPS) is 11.7. The second-order valence-electron chi connectivity index (χ2n) is 5.01. The standard InChI is InChI=1S/C11H11N.C6H13NO/c1-12-11-7-6-9-4-2-3-5-10(9)8-11;1-5(2)6(4-8)7-3/h2-8,12H,1H3;4-7H,1-3H3/t;6-/m.1/s1. The minimum atomic E-state index is 0.0231. The molecule has 3 heteroatoms. The maximum absolute atomic E-state index is 10.1. The lowest BCUT2D eigenvalue weighted by atomic mass is 10.1. The molecular weight excluding hydrogens is 248 g/mol. The Morgan fingerprint density at radius 1 is 1.00 bits per heavy atom. The van der Waals surface area contributed by atoms with Crippen LogP contribution in [0.5, 0.6) is 0 Å². The summed E-state index contributed by atoms with van der Waals surface area (Å²) in [6.07, 6.45) is 0.935. The molecule has 0 radical (unpaired) electrons. The van der Waals surface area contributed by atoms with Crippen LogP contribution in [0.15, 0.2) is 42.5 Å². The van der Waals surface area contributed by atoms with Crippen molar-refractivity contribution in [1.82, 2.24) is 5.32 Å². The van der Waals surface area contributed by atoms with Gasteiger partial charge in [0.15, 0.2) is 0 Å². The summed E-state index contributed by atoms with van der Waals surface area (Å²) in [5.41, 5.74) is 1.16. The van der Waals surface area contributed by atoms with Crippen LogP contribution in [0.3, 0.4) is 0 Å². The fourth-order valence-corrected chi connectivity index (χ4v) is 1.90. The van der Waals surface area contributed by atoms with E-state index < -0.39 is 0 Å². The second kappa shape index (κ2) is 8.33. The monoisotopic (exact) mass is 272 g/mol. The fraction of sp³-hybridized carbons (Fsp3) is 0.353. The number of aldehydes is 1. The molecule has 0 aliphatic rings. The van der Waals surface area contributed by atoms with Crippen molar-refractivity contribution >= 4 is 22.7 Å². The van der Waals surface area contributed by atoms with Gasteiger partial charge in [0.25, 0.3) is 0 Å². The average molecular weight is 272 g/mol. The van der Waals surface area contributed by atoms with Gasteiger partial charge in [-0.2, -0.15) is 0 Å². The summed E-state index contributed by atoms with van der Waals surface area (Å²) < 4.78 is 0. The van der Waals surface area contributed by atoms with Gasteiger partial charge in [0.05, 0.1) is 6.04 Å². The molecular formula is C17H24N2O. The number of likely N-dealkylation sites (N-methyl/N-ethyl adjacent to an activating group) is 1. The van der Waals surface area contributed by atoms with Crippen molar-refractivity contribution in [2.45, 2.75) is 19.9 Å². The SMILES string of the molecule is CN[C@H](C=O)C(C)C.CNc1ccc2ccccc2c1. The third-order valence-electron chi connectivity index (χ3n) is 3.24. The highest BCUT2D eigenvalue weighted by atomic mass is 16.1. The van der Waals surface area contributed by atoms with E-state index in [0.717, 1.165) is 12.0 Å². The first-order valence-corrected chi connectivity index (χ1v) is 6.91. The number of hydrogen-bond donors (Lipinski definition) is 2. The molecule has 3 nitrogen and oxygen atoms in total. The molecule has 0 aliphatic carbocycles. The Balaban J connectivity index is 0.000000221. The molecule has 108 valence electrons. The number of nitrogens with one attached hydrogen (secondary N) is 2. The topological polar surface area (TPSA) is 41.1 Å². The lowest BCUT2D eigenvalue weighted by Gasteiger charge is -2.11. The number of benzene rings is 2. The molecule has 0 spiro atoms. The largest absolute Gasteiger partial charge is 0.388 e. The average Bonchev–Trinajstić information content (AvgIpc) is 2.48. The van der Waals surface area contributed by atoms with E-state index in [1.54, 1.807) is 7.05 Å². The smallest absolute Gasteiger partial charge is 0.137 e. The first-order chi connectivity index (χ1) is 9.62. The summed E-state index contributed by atoms with van der Waals surface area (Å²) in [5.74, 6) is 0.400. The maximum Gasteiger partial charge on any atom is 0.137 e. The zero-order valence-corrected chi connectivity index (χ0v) is 12.7. The Hall–Kier alpha value is -1.87. The van der Waals surface area contributed by atoms with E-state index in [1.165, 1.54) is 10.8 Å². The van der Waals surface area contributed by atoms with Gasteiger partial charge >= 0.3 is 0 Å². The Bertz CT molecular complexity index is 537. The Labute approximate surface area is 121 Å². The summed E-state index contributed by atoms with van der Waals surface area (Å²) in [6.45, 7) is 4.02. The summed E-state index contributed by atoms with van der Waals surface area (Å²) in [5, 5.41) is 8.57. The molecule has 2 aromatic carbocycles. The highest BCUT2D eigenvalue weighted by molar-refractivity contribution is 5.85. The predicted octanol–water partition coefficient (Wildman–Crippen LogP) is 3.31. The molecule has 0 unspecified atom stereocenters. The zero-order chi connectivity index (χ0) is 15.0. The van der Waals surface area contributed by atoms with Gasteiger partial charge in [-0.05, 0) is 35.9 Å². The molecule has 2 N–H and O–H groups in total. The molecule has 0 saturated heterocycles. The van der Waals surface area contributed by atoms with Gasteiger partial charge in [-0.25, -0.2) is 0 Å². The molecule has 0 aliphatic heterocycles. The van der Waals surface area contributed by atoms with E-state index in [4.69, 9.17) is 0 Å². The van der Waals surface area contributed by atoms with Gasteiger partial charge in [-0.1, -0.05) is 44.2 Å². The molecule has 1 atom stereocenters. The molecule has 2 aromatic rings.